The SMILES string of the molecule is [C-]1=CC=CC1.[Cl-].[Cl-].[Cl-].[SiH3].[Ti+4]. The van der Waals surface area contributed by atoms with Crippen molar-refractivity contribution < 1.29 is 58.9 Å². The molecule has 10 heavy (non-hydrogen) atoms. The van der Waals surface area contributed by atoms with E-state index in [-0.39, 0.29) is 69.9 Å². The monoisotopic (exact) mass is 249 g/mol. The van der Waals surface area contributed by atoms with E-state index in [9.17, 15) is 0 Å². The summed E-state index contributed by atoms with van der Waals surface area (Å²) in [6.07, 6.45) is 10.0. The van der Waals surface area contributed by atoms with E-state index in [0.717, 1.165) is 6.42 Å². The maximum Gasteiger partial charge on any atom is 4.00 e. The molecule has 0 aromatic heterocycles. The van der Waals surface area contributed by atoms with Crippen molar-refractivity contribution in [1.29, 1.82) is 0 Å². The fourth-order valence-corrected chi connectivity index (χ4v) is 0.340. The maximum absolute atomic E-state index is 2.99. The molecule has 1 aliphatic carbocycles. The molecular formula is C5H8Cl3SiTi. The molecule has 0 amide bonds. The van der Waals surface area contributed by atoms with Crippen LogP contribution in [0.1, 0.15) is 6.42 Å². The summed E-state index contributed by atoms with van der Waals surface area (Å²) in [6, 6.07) is 0. The quantitative estimate of drug-likeness (QED) is 0.296. The first kappa shape index (κ1) is 30.2. The van der Waals surface area contributed by atoms with Crippen molar-refractivity contribution in [1.82, 2.24) is 0 Å². The zero-order valence-electron chi connectivity index (χ0n) is 5.57. The summed E-state index contributed by atoms with van der Waals surface area (Å²) in [5.41, 5.74) is 0. The Balaban J connectivity index is -0.0000000167. The Labute approximate surface area is 100 Å². The molecule has 0 bridgehead atoms. The summed E-state index contributed by atoms with van der Waals surface area (Å²) in [4.78, 5) is 0. The molecule has 1 radical (unpaired) electrons. The molecule has 1 aliphatic rings. The second-order valence-electron chi connectivity index (χ2n) is 1.00. The van der Waals surface area contributed by atoms with Crippen molar-refractivity contribution in [3.8, 4) is 0 Å². The second kappa shape index (κ2) is 22.4. The molecule has 1 rings (SSSR count). The van der Waals surface area contributed by atoms with Crippen LogP contribution in [0.2, 0.25) is 0 Å². The van der Waals surface area contributed by atoms with Gasteiger partial charge < -0.3 is 37.2 Å². The Kier molecular flexibility index (Phi) is 67.8. The van der Waals surface area contributed by atoms with Crippen molar-refractivity contribution in [2.45, 2.75) is 6.42 Å². The summed E-state index contributed by atoms with van der Waals surface area (Å²) < 4.78 is 0. The van der Waals surface area contributed by atoms with Gasteiger partial charge in [-0.25, -0.2) is 12.2 Å². The van der Waals surface area contributed by atoms with Gasteiger partial charge in [0.05, 0.1) is 0 Å². The number of halogens is 3. The normalized spacial score (nSPS) is 8.80. The fourth-order valence-electron chi connectivity index (χ4n) is 0.340. The van der Waals surface area contributed by atoms with Crippen LogP contribution in [-0.4, -0.2) is 11.0 Å². The largest absolute Gasteiger partial charge is 4.00 e. The van der Waals surface area contributed by atoms with Crippen molar-refractivity contribution in [3.05, 3.63) is 24.3 Å². The minimum atomic E-state index is 0. The molecule has 57 valence electrons. The average molecular weight is 250 g/mol. The summed E-state index contributed by atoms with van der Waals surface area (Å²) >= 11 is 0. The first-order valence-corrected chi connectivity index (χ1v) is 1.72. The van der Waals surface area contributed by atoms with Crippen molar-refractivity contribution in [3.63, 3.8) is 0 Å². The van der Waals surface area contributed by atoms with Crippen LogP contribution in [-0.2, 0) is 21.7 Å². The van der Waals surface area contributed by atoms with Crippen LogP contribution in [0, 0.1) is 6.08 Å². The molecule has 0 saturated heterocycles. The first-order chi connectivity index (χ1) is 2.50. The summed E-state index contributed by atoms with van der Waals surface area (Å²) in [5, 5.41) is 0. The van der Waals surface area contributed by atoms with E-state index >= 15 is 0 Å². The Hall–Kier alpha value is 1.28. The van der Waals surface area contributed by atoms with Gasteiger partial charge in [-0.2, -0.15) is 6.08 Å². The van der Waals surface area contributed by atoms with Crippen molar-refractivity contribution in [2.24, 2.45) is 0 Å². The van der Waals surface area contributed by atoms with Gasteiger partial charge in [-0.3, -0.25) is 6.08 Å². The zero-order chi connectivity index (χ0) is 3.54. The van der Waals surface area contributed by atoms with E-state index in [2.05, 4.69) is 12.2 Å². The van der Waals surface area contributed by atoms with Gasteiger partial charge >= 0.3 is 21.7 Å². The molecule has 0 heterocycles. The predicted octanol–water partition coefficient (Wildman–Crippen LogP) is -8.87. The van der Waals surface area contributed by atoms with Gasteiger partial charge in [0, 0.05) is 0 Å². The molecule has 0 nitrogen and oxygen atoms in total. The average Bonchev–Trinajstić information content (AvgIpc) is 1.76. The molecule has 0 spiro atoms. The van der Waals surface area contributed by atoms with Gasteiger partial charge in [-0.05, 0) is 11.0 Å². The Morgan fingerprint density at radius 1 is 1.10 bits per heavy atom. The molecule has 0 aromatic carbocycles. The van der Waals surface area contributed by atoms with Crippen LogP contribution < -0.4 is 37.2 Å². The molecule has 0 saturated carbocycles. The summed E-state index contributed by atoms with van der Waals surface area (Å²) in [7, 11) is 0. The van der Waals surface area contributed by atoms with Gasteiger partial charge in [0.2, 0.25) is 0 Å². The number of hydrogen-bond acceptors (Lipinski definition) is 0. The number of allylic oxidation sites excluding steroid dienone is 4. The smallest absolute Gasteiger partial charge is 1.00 e. The van der Waals surface area contributed by atoms with Crippen LogP contribution in [0.3, 0.4) is 0 Å². The fraction of sp³-hybridized carbons (Fsp3) is 0.200. The van der Waals surface area contributed by atoms with E-state index in [0.29, 0.717) is 0 Å². The van der Waals surface area contributed by atoms with E-state index in [1.54, 1.807) is 0 Å². The van der Waals surface area contributed by atoms with Crippen LogP contribution >= 0.6 is 0 Å². The molecule has 0 aromatic rings. The third kappa shape index (κ3) is 16.1. The van der Waals surface area contributed by atoms with E-state index in [4.69, 9.17) is 0 Å². The third-order valence-electron chi connectivity index (χ3n) is 0.586. The Morgan fingerprint density at radius 3 is 1.70 bits per heavy atom. The van der Waals surface area contributed by atoms with Crippen molar-refractivity contribution in [2.75, 3.05) is 0 Å². The van der Waals surface area contributed by atoms with E-state index in [1.807, 2.05) is 12.2 Å². The van der Waals surface area contributed by atoms with Gasteiger partial charge in [0.15, 0.2) is 0 Å². The minimum Gasteiger partial charge on any atom is -1.00 e. The van der Waals surface area contributed by atoms with Crippen molar-refractivity contribution >= 4 is 11.0 Å². The van der Waals surface area contributed by atoms with Crippen LogP contribution in [0.4, 0.5) is 0 Å². The molecule has 0 N–H and O–H groups in total. The summed E-state index contributed by atoms with van der Waals surface area (Å²) in [5.74, 6) is 0. The molecular weight excluding hydrogens is 242 g/mol. The number of hydrogen-bond donors (Lipinski definition) is 0. The van der Waals surface area contributed by atoms with Crippen LogP contribution in [0.15, 0.2) is 18.2 Å². The number of rotatable bonds is 0. The molecule has 0 unspecified atom stereocenters. The minimum absolute atomic E-state index is 0. The van der Waals surface area contributed by atoms with E-state index in [1.165, 1.54) is 0 Å². The Bertz CT molecular complexity index is 75.0. The van der Waals surface area contributed by atoms with Gasteiger partial charge in [0.25, 0.3) is 0 Å². The molecule has 0 aliphatic heterocycles. The van der Waals surface area contributed by atoms with Crippen LogP contribution in [0.5, 0.6) is 0 Å². The van der Waals surface area contributed by atoms with Gasteiger partial charge in [-0.15, -0.1) is 6.42 Å². The van der Waals surface area contributed by atoms with Gasteiger partial charge in [-0.1, -0.05) is 0 Å². The molecule has 0 fully saturated rings. The third-order valence-corrected chi connectivity index (χ3v) is 0.586. The maximum atomic E-state index is 2.99. The standard InChI is InChI=1S/C5H5.3ClH.H3Si.Ti/c1-2-4-5-3-1;;;;;/h1-3H,4H2;3*1H;1H3;/q-1;;;;;+4/p-3. The second-order valence-corrected chi connectivity index (χ2v) is 1.00. The van der Waals surface area contributed by atoms with E-state index < -0.39 is 0 Å². The predicted molar refractivity (Wildman–Crippen MR) is 31.5 cm³/mol. The Morgan fingerprint density at radius 2 is 1.60 bits per heavy atom. The van der Waals surface area contributed by atoms with Crippen LogP contribution in [0.25, 0.3) is 0 Å². The topological polar surface area (TPSA) is 0 Å². The molecule has 0 atom stereocenters. The zero-order valence-corrected chi connectivity index (χ0v) is 11.4. The first-order valence-electron chi connectivity index (χ1n) is 1.72. The molecule has 5 heteroatoms. The van der Waals surface area contributed by atoms with Gasteiger partial charge in [0.1, 0.15) is 0 Å². The summed E-state index contributed by atoms with van der Waals surface area (Å²) in [6.45, 7) is 0.